The Morgan fingerprint density at radius 3 is 2.79 bits per heavy atom. The number of hydrogen-bond donors (Lipinski definition) is 3. The van der Waals surface area contributed by atoms with Gasteiger partial charge >= 0.3 is 0 Å². The Morgan fingerprint density at radius 2 is 2.16 bits per heavy atom. The fraction of sp³-hybridized carbons (Fsp3) is 0.500. The molecule has 0 saturated heterocycles. The molecule has 1 amide bonds. The molecule has 0 spiro atoms. The molecular formula is C14H20ClNO2S. The number of rotatable bonds is 6. The zero-order valence-electron chi connectivity index (χ0n) is 11.2. The molecule has 0 aromatic heterocycles. The highest BCUT2D eigenvalue weighted by Crippen LogP contribution is 2.22. The Hall–Kier alpha value is -0.710. The molecule has 0 saturated carbocycles. The maximum Gasteiger partial charge on any atom is 0.252 e. The van der Waals surface area contributed by atoms with Crippen LogP contribution in [0, 0.1) is 5.41 Å². The van der Waals surface area contributed by atoms with E-state index in [1.54, 1.807) is 18.2 Å². The molecule has 1 aromatic carbocycles. The molecule has 19 heavy (non-hydrogen) atoms. The van der Waals surface area contributed by atoms with Crippen LogP contribution in [0.3, 0.4) is 0 Å². The molecular weight excluding hydrogens is 282 g/mol. The molecule has 0 atom stereocenters. The topological polar surface area (TPSA) is 49.3 Å². The molecule has 0 fully saturated rings. The van der Waals surface area contributed by atoms with Crippen molar-refractivity contribution in [3.63, 3.8) is 0 Å². The Kier molecular flexibility index (Phi) is 6.17. The van der Waals surface area contributed by atoms with Crippen molar-refractivity contribution in [2.75, 3.05) is 13.2 Å². The fourth-order valence-electron chi connectivity index (χ4n) is 1.75. The third-order valence-electron chi connectivity index (χ3n) is 2.93. The SMILES string of the molecule is CC(C)(CCCO)CNC(=O)c1cc(S)ccc1Cl. The molecule has 0 unspecified atom stereocenters. The molecule has 0 bridgehead atoms. The molecule has 106 valence electrons. The summed E-state index contributed by atoms with van der Waals surface area (Å²) in [6.07, 6.45) is 1.58. The van der Waals surface area contributed by atoms with Gasteiger partial charge in [0, 0.05) is 18.0 Å². The average molecular weight is 302 g/mol. The Labute approximate surface area is 124 Å². The Morgan fingerprint density at radius 1 is 1.47 bits per heavy atom. The van der Waals surface area contributed by atoms with Crippen LogP contribution in [0.15, 0.2) is 23.1 Å². The first-order valence-electron chi connectivity index (χ1n) is 6.23. The van der Waals surface area contributed by atoms with Gasteiger partial charge in [-0.15, -0.1) is 12.6 Å². The number of halogens is 1. The first-order chi connectivity index (χ1) is 8.85. The molecule has 5 heteroatoms. The number of carbonyl (C=O) groups excluding carboxylic acids is 1. The van der Waals surface area contributed by atoms with E-state index in [4.69, 9.17) is 16.7 Å². The van der Waals surface area contributed by atoms with E-state index in [0.717, 1.165) is 12.8 Å². The first-order valence-corrected chi connectivity index (χ1v) is 7.06. The van der Waals surface area contributed by atoms with Gasteiger partial charge in [0.1, 0.15) is 0 Å². The van der Waals surface area contributed by atoms with E-state index in [1.165, 1.54) is 0 Å². The van der Waals surface area contributed by atoms with E-state index in [-0.39, 0.29) is 17.9 Å². The number of benzene rings is 1. The Bertz CT molecular complexity index is 449. The summed E-state index contributed by atoms with van der Waals surface area (Å²) in [5.41, 5.74) is 0.385. The lowest BCUT2D eigenvalue weighted by atomic mass is 9.88. The molecule has 3 nitrogen and oxygen atoms in total. The van der Waals surface area contributed by atoms with E-state index >= 15 is 0 Å². The molecule has 0 aliphatic rings. The maximum absolute atomic E-state index is 12.1. The number of aliphatic hydroxyl groups excluding tert-OH is 1. The van der Waals surface area contributed by atoms with Gasteiger partial charge < -0.3 is 10.4 Å². The van der Waals surface area contributed by atoms with Crippen LogP contribution in [-0.4, -0.2) is 24.2 Å². The van der Waals surface area contributed by atoms with Gasteiger partial charge in [0.05, 0.1) is 10.6 Å². The van der Waals surface area contributed by atoms with Crippen molar-refractivity contribution in [1.29, 1.82) is 0 Å². The van der Waals surface area contributed by atoms with Gasteiger partial charge in [0.15, 0.2) is 0 Å². The second-order valence-electron chi connectivity index (χ2n) is 5.34. The van der Waals surface area contributed by atoms with E-state index < -0.39 is 0 Å². The van der Waals surface area contributed by atoms with Crippen LogP contribution in [0.5, 0.6) is 0 Å². The fourth-order valence-corrected chi connectivity index (χ4v) is 2.16. The van der Waals surface area contributed by atoms with Crippen molar-refractivity contribution in [2.24, 2.45) is 5.41 Å². The Balaban J connectivity index is 2.62. The molecule has 0 heterocycles. The van der Waals surface area contributed by atoms with Crippen LogP contribution in [-0.2, 0) is 0 Å². The second-order valence-corrected chi connectivity index (χ2v) is 6.26. The van der Waals surface area contributed by atoms with Gasteiger partial charge in [-0.25, -0.2) is 0 Å². The summed E-state index contributed by atoms with van der Waals surface area (Å²) in [6.45, 7) is 4.82. The van der Waals surface area contributed by atoms with Crippen LogP contribution >= 0.6 is 24.2 Å². The van der Waals surface area contributed by atoms with Crippen molar-refractivity contribution in [1.82, 2.24) is 5.32 Å². The smallest absolute Gasteiger partial charge is 0.252 e. The molecule has 1 rings (SSSR count). The molecule has 0 aliphatic heterocycles. The van der Waals surface area contributed by atoms with Crippen molar-refractivity contribution < 1.29 is 9.90 Å². The third-order valence-corrected chi connectivity index (χ3v) is 3.54. The highest BCUT2D eigenvalue weighted by Gasteiger charge is 2.19. The quantitative estimate of drug-likeness (QED) is 0.707. The van der Waals surface area contributed by atoms with Crippen LogP contribution in [0.2, 0.25) is 5.02 Å². The van der Waals surface area contributed by atoms with Gasteiger partial charge in [-0.05, 0) is 36.5 Å². The highest BCUT2D eigenvalue weighted by molar-refractivity contribution is 7.80. The third kappa shape index (κ3) is 5.43. The number of nitrogens with one attached hydrogen (secondary N) is 1. The zero-order valence-corrected chi connectivity index (χ0v) is 12.9. The van der Waals surface area contributed by atoms with Crippen molar-refractivity contribution in [2.45, 2.75) is 31.6 Å². The van der Waals surface area contributed by atoms with E-state index in [0.29, 0.717) is 22.0 Å². The van der Waals surface area contributed by atoms with Crippen LogP contribution < -0.4 is 5.32 Å². The second kappa shape index (κ2) is 7.17. The largest absolute Gasteiger partial charge is 0.396 e. The van der Waals surface area contributed by atoms with Crippen LogP contribution in [0.4, 0.5) is 0 Å². The van der Waals surface area contributed by atoms with Gasteiger partial charge in [-0.1, -0.05) is 25.4 Å². The van der Waals surface area contributed by atoms with E-state index in [1.807, 2.05) is 0 Å². The van der Waals surface area contributed by atoms with Gasteiger partial charge in [0.2, 0.25) is 0 Å². The van der Waals surface area contributed by atoms with Gasteiger partial charge in [0.25, 0.3) is 5.91 Å². The summed E-state index contributed by atoms with van der Waals surface area (Å²) in [5, 5.41) is 12.1. The predicted octanol–water partition coefficient (Wildman–Crippen LogP) is 3.16. The van der Waals surface area contributed by atoms with Crippen molar-refractivity contribution in [3.8, 4) is 0 Å². The van der Waals surface area contributed by atoms with E-state index in [2.05, 4.69) is 31.8 Å². The lowest BCUT2D eigenvalue weighted by molar-refractivity contribution is 0.0933. The average Bonchev–Trinajstić information content (AvgIpc) is 2.36. The normalized spacial score (nSPS) is 11.4. The predicted molar refractivity (Wildman–Crippen MR) is 81.1 cm³/mol. The number of carbonyl (C=O) groups is 1. The number of amides is 1. The van der Waals surface area contributed by atoms with Crippen molar-refractivity contribution in [3.05, 3.63) is 28.8 Å². The summed E-state index contributed by atoms with van der Waals surface area (Å²) in [7, 11) is 0. The maximum atomic E-state index is 12.1. The molecule has 0 aliphatic carbocycles. The first kappa shape index (κ1) is 16.3. The minimum atomic E-state index is -0.196. The summed E-state index contributed by atoms with van der Waals surface area (Å²) in [4.78, 5) is 12.8. The molecule has 1 aromatic rings. The minimum absolute atomic E-state index is 0.0521. The number of aliphatic hydroxyl groups is 1. The van der Waals surface area contributed by atoms with Gasteiger partial charge in [-0.2, -0.15) is 0 Å². The monoisotopic (exact) mass is 301 g/mol. The van der Waals surface area contributed by atoms with Crippen molar-refractivity contribution >= 4 is 30.1 Å². The lowest BCUT2D eigenvalue weighted by Crippen LogP contribution is -2.34. The standard InChI is InChI=1S/C14H20ClNO2S/c1-14(2,6-3-7-17)9-16-13(18)11-8-10(19)4-5-12(11)15/h4-5,8,17,19H,3,6-7,9H2,1-2H3,(H,16,18). The van der Waals surface area contributed by atoms with Crippen LogP contribution in [0.1, 0.15) is 37.0 Å². The lowest BCUT2D eigenvalue weighted by Gasteiger charge is -2.24. The van der Waals surface area contributed by atoms with Crippen LogP contribution in [0.25, 0.3) is 0 Å². The summed E-state index contributed by atoms with van der Waals surface area (Å²) in [5.74, 6) is -0.196. The van der Waals surface area contributed by atoms with E-state index in [9.17, 15) is 4.79 Å². The van der Waals surface area contributed by atoms with Gasteiger partial charge in [-0.3, -0.25) is 4.79 Å². The molecule has 0 radical (unpaired) electrons. The molecule has 2 N–H and O–H groups in total. The summed E-state index contributed by atoms with van der Waals surface area (Å²) >= 11 is 10.2. The zero-order chi connectivity index (χ0) is 14.5. The summed E-state index contributed by atoms with van der Waals surface area (Å²) < 4.78 is 0. The number of thiol groups is 1. The highest BCUT2D eigenvalue weighted by atomic mass is 35.5. The summed E-state index contributed by atoms with van der Waals surface area (Å²) in [6, 6.07) is 5.06. The number of hydrogen-bond acceptors (Lipinski definition) is 3. The minimum Gasteiger partial charge on any atom is -0.396 e.